The van der Waals surface area contributed by atoms with Crippen molar-refractivity contribution in [2.45, 2.75) is 45.7 Å². The van der Waals surface area contributed by atoms with Gasteiger partial charge in [-0.25, -0.2) is 0 Å². The van der Waals surface area contributed by atoms with Gasteiger partial charge >= 0.3 is 5.97 Å². The van der Waals surface area contributed by atoms with Crippen molar-refractivity contribution in [1.29, 1.82) is 0 Å². The smallest absolute Gasteiger partial charge is 0.320 e. The Morgan fingerprint density at radius 3 is 2.67 bits per heavy atom. The van der Waals surface area contributed by atoms with Gasteiger partial charge in [0.1, 0.15) is 6.04 Å². The molecule has 2 aliphatic rings. The average molecular weight is 331 g/mol. The molecule has 0 aromatic carbocycles. The Morgan fingerprint density at radius 1 is 1.38 bits per heavy atom. The molecular weight excluding hydrogens is 306 g/mol. The van der Waals surface area contributed by atoms with Gasteiger partial charge in [0.15, 0.2) is 0 Å². The summed E-state index contributed by atoms with van der Waals surface area (Å²) in [4.78, 5) is 31.6. The van der Waals surface area contributed by atoms with Crippen LogP contribution in [0.2, 0.25) is 0 Å². The molecule has 2 saturated heterocycles. The maximum atomic E-state index is 11.8. The third kappa shape index (κ3) is 3.29. The number of nitrogens with zero attached hydrogens (tertiary/aromatic N) is 3. The monoisotopic (exact) mass is 331 g/mol. The van der Waals surface area contributed by atoms with Crippen molar-refractivity contribution in [2.24, 2.45) is 5.41 Å². The van der Waals surface area contributed by atoms with Crippen molar-refractivity contribution in [3.63, 3.8) is 0 Å². The lowest BCUT2D eigenvalue weighted by Crippen LogP contribution is -2.43. The Kier molecular flexibility index (Phi) is 4.58. The molecule has 1 aromatic heterocycles. The zero-order valence-electron chi connectivity index (χ0n) is 14.4. The van der Waals surface area contributed by atoms with Crippen LogP contribution in [0.4, 0.5) is 0 Å². The maximum Gasteiger partial charge on any atom is 0.320 e. The molecule has 24 heavy (non-hydrogen) atoms. The minimum atomic E-state index is -0.755. The van der Waals surface area contributed by atoms with Crippen molar-refractivity contribution < 1.29 is 14.7 Å². The summed E-state index contributed by atoms with van der Waals surface area (Å²) in [6, 6.07) is 3.45. The number of amides is 1. The Balaban J connectivity index is 1.74. The molecule has 3 rings (SSSR count). The lowest BCUT2D eigenvalue weighted by Gasteiger charge is -2.39. The van der Waals surface area contributed by atoms with E-state index in [1.165, 1.54) is 0 Å². The minimum absolute atomic E-state index is 0.0116. The van der Waals surface area contributed by atoms with Crippen LogP contribution in [-0.4, -0.2) is 57.4 Å². The fourth-order valence-electron chi connectivity index (χ4n) is 4.09. The van der Waals surface area contributed by atoms with Crippen molar-refractivity contribution in [2.75, 3.05) is 19.6 Å². The third-order valence-corrected chi connectivity index (χ3v) is 5.63. The molecule has 0 aliphatic carbocycles. The zero-order valence-corrected chi connectivity index (χ0v) is 14.4. The van der Waals surface area contributed by atoms with Gasteiger partial charge in [0.05, 0.1) is 5.69 Å². The summed E-state index contributed by atoms with van der Waals surface area (Å²) in [6.45, 7) is 6.42. The van der Waals surface area contributed by atoms with Gasteiger partial charge in [-0.3, -0.25) is 19.5 Å². The molecule has 6 nitrogen and oxygen atoms in total. The average Bonchev–Trinajstić information content (AvgIpc) is 2.88. The fraction of sp³-hybridized carbons (Fsp3) is 0.611. The number of aryl methyl sites for hydroxylation is 1. The number of rotatable bonds is 3. The number of carbonyl (C=O) groups excluding carboxylic acids is 1. The summed E-state index contributed by atoms with van der Waals surface area (Å²) in [5.41, 5.74) is 2.05. The first kappa shape index (κ1) is 16.9. The number of likely N-dealkylation sites (tertiary alicyclic amines) is 2. The highest BCUT2D eigenvalue weighted by Crippen LogP contribution is 2.44. The van der Waals surface area contributed by atoms with Gasteiger partial charge in [-0.1, -0.05) is 6.07 Å². The van der Waals surface area contributed by atoms with Gasteiger partial charge in [-0.15, -0.1) is 0 Å². The van der Waals surface area contributed by atoms with Gasteiger partial charge in [0.2, 0.25) is 5.91 Å². The molecule has 1 aromatic rings. The van der Waals surface area contributed by atoms with Crippen LogP contribution < -0.4 is 0 Å². The number of carbonyl (C=O) groups is 2. The molecule has 1 N–H and O–H groups in total. The Morgan fingerprint density at radius 2 is 2.08 bits per heavy atom. The summed E-state index contributed by atoms with van der Waals surface area (Å²) >= 11 is 0. The lowest BCUT2D eigenvalue weighted by atomic mass is 9.76. The van der Waals surface area contributed by atoms with E-state index in [4.69, 9.17) is 0 Å². The second-order valence-corrected chi connectivity index (χ2v) is 7.24. The van der Waals surface area contributed by atoms with Crippen LogP contribution in [0.3, 0.4) is 0 Å². The molecule has 3 heterocycles. The molecule has 1 unspecified atom stereocenters. The summed E-state index contributed by atoms with van der Waals surface area (Å²) < 4.78 is 0. The fourth-order valence-corrected chi connectivity index (χ4v) is 4.09. The number of piperidine rings is 1. The Hall–Kier alpha value is -1.95. The van der Waals surface area contributed by atoms with Crippen LogP contribution in [-0.2, 0) is 16.1 Å². The summed E-state index contributed by atoms with van der Waals surface area (Å²) in [5, 5.41) is 9.66. The molecule has 1 spiro atoms. The van der Waals surface area contributed by atoms with Crippen LogP contribution >= 0.6 is 0 Å². The minimum Gasteiger partial charge on any atom is -0.480 e. The number of hydrogen-bond acceptors (Lipinski definition) is 4. The van der Waals surface area contributed by atoms with Gasteiger partial charge in [-0.2, -0.15) is 0 Å². The number of hydrogen-bond donors (Lipinski definition) is 1. The lowest BCUT2D eigenvalue weighted by molar-refractivity contribution is -0.142. The summed E-state index contributed by atoms with van der Waals surface area (Å²) in [5.74, 6) is -0.645. The second-order valence-electron chi connectivity index (χ2n) is 7.24. The molecule has 1 amide bonds. The van der Waals surface area contributed by atoms with E-state index in [1.54, 1.807) is 13.1 Å². The SMILES string of the molecule is CC(=O)N1CCC2(CC1)CC(C(=O)O)N(Cc1ncccc1C)C2. The topological polar surface area (TPSA) is 73.7 Å². The maximum absolute atomic E-state index is 11.8. The number of aromatic nitrogens is 1. The number of carboxylic acid groups (broad SMARTS) is 1. The van der Waals surface area contributed by atoms with E-state index in [2.05, 4.69) is 9.88 Å². The van der Waals surface area contributed by atoms with Crippen LogP contribution in [0.5, 0.6) is 0 Å². The van der Waals surface area contributed by atoms with Gasteiger partial charge < -0.3 is 10.0 Å². The highest BCUT2D eigenvalue weighted by atomic mass is 16.4. The quantitative estimate of drug-likeness (QED) is 0.912. The van der Waals surface area contributed by atoms with Gasteiger partial charge in [0, 0.05) is 39.3 Å². The number of pyridine rings is 1. The van der Waals surface area contributed by atoms with E-state index >= 15 is 0 Å². The molecule has 2 aliphatic heterocycles. The normalized spacial score (nSPS) is 23.6. The molecule has 1 atom stereocenters. The van der Waals surface area contributed by atoms with E-state index in [9.17, 15) is 14.7 Å². The van der Waals surface area contributed by atoms with E-state index in [0.29, 0.717) is 13.0 Å². The second kappa shape index (κ2) is 6.51. The predicted octanol–water partition coefficient (Wildman–Crippen LogP) is 1.68. The van der Waals surface area contributed by atoms with Crippen LogP contribution in [0.15, 0.2) is 18.3 Å². The summed E-state index contributed by atoms with van der Waals surface area (Å²) in [6.07, 6.45) is 4.19. The van der Waals surface area contributed by atoms with E-state index < -0.39 is 12.0 Å². The first-order chi connectivity index (χ1) is 11.4. The van der Waals surface area contributed by atoms with Crippen LogP contribution in [0.25, 0.3) is 0 Å². The van der Waals surface area contributed by atoms with E-state index in [0.717, 1.165) is 43.7 Å². The first-order valence-electron chi connectivity index (χ1n) is 8.53. The van der Waals surface area contributed by atoms with E-state index in [-0.39, 0.29) is 11.3 Å². The largest absolute Gasteiger partial charge is 0.480 e. The Labute approximate surface area is 142 Å². The predicted molar refractivity (Wildman–Crippen MR) is 89.3 cm³/mol. The standard InChI is InChI=1S/C18H25N3O3/c1-13-4-3-7-19-15(13)11-21-12-18(10-16(21)17(23)24)5-8-20(9-6-18)14(2)22/h3-4,7,16H,5-6,8-12H2,1-2H3,(H,23,24). The first-order valence-corrected chi connectivity index (χ1v) is 8.53. The van der Waals surface area contributed by atoms with Crippen molar-refractivity contribution >= 4 is 11.9 Å². The molecule has 0 bridgehead atoms. The van der Waals surface area contributed by atoms with E-state index in [1.807, 2.05) is 24.0 Å². The molecule has 0 saturated carbocycles. The van der Waals surface area contributed by atoms with Gasteiger partial charge in [-0.05, 0) is 43.2 Å². The molecular formula is C18H25N3O3. The highest BCUT2D eigenvalue weighted by molar-refractivity contribution is 5.74. The number of aliphatic carboxylic acids is 1. The van der Waals surface area contributed by atoms with Crippen molar-refractivity contribution in [3.8, 4) is 0 Å². The summed E-state index contributed by atoms with van der Waals surface area (Å²) in [7, 11) is 0. The molecule has 0 radical (unpaired) electrons. The number of carboxylic acids is 1. The third-order valence-electron chi connectivity index (χ3n) is 5.63. The van der Waals surface area contributed by atoms with Crippen LogP contribution in [0.1, 0.15) is 37.4 Å². The van der Waals surface area contributed by atoms with Gasteiger partial charge in [0.25, 0.3) is 0 Å². The van der Waals surface area contributed by atoms with Crippen LogP contribution in [0, 0.1) is 12.3 Å². The molecule has 6 heteroatoms. The van der Waals surface area contributed by atoms with Crippen molar-refractivity contribution in [3.05, 3.63) is 29.6 Å². The molecule has 130 valence electrons. The van der Waals surface area contributed by atoms with Crippen molar-refractivity contribution in [1.82, 2.24) is 14.8 Å². The zero-order chi connectivity index (χ0) is 17.3. The highest BCUT2D eigenvalue weighted by Gasteiger charge is 2.48. The Bertz CT molecular complexity index is 638. The molecule has 2 fully saturated rings.